The number of hydrogen-bond acceptors (Lipinski definition) is 5. The molecule has 0 saturated heterocycles. The molecule has 2 aromatic heterocycles. The Morgan fingerprint density at radius 3 is 2.95 bits per heavy atom. The number of phenols is 1. The summed E-state index contributed by atoms with van der Waals surface area (Å²) in [6.45, 7) is 0. The molecule has 0 amide bonds. The van der Waals surface area contributed by atoms with E-state index in [0.717, 1.165) is 21.3 Å². The average molecular weight is 289 g/mol. The first-order valence-corrected chi connectivity index (χ1v) is 6.75. The van der Waals surface area contributed by atoms with Gasteiger partial charge in [-0.05, 0) is 29.6 Å². The summed E-state index contributed by atoms with van der Waals surface area (Å²) in [6, 6.07) is 3.47. The van der Waals surface area contributed by atoms with Crippen molar-refractivity contribution in [1.82, 2.24) is 14.6 Å². The van der Waals surface area contributed by atoms with Gasteiger partial charge in [0.25, 0.3) is 0 Å². The van der Waals surface area contributed by atoms with Gasteiger partial charge in [0.05, 0.1) is 11.1 Å². The van der Waals surface area contributed by atoms with Gasteiger partial charge in [-0.3, -0.25) is 4.79 Å². The fraction of sp³-hybridized carbons (Fsp3) is 0.154. The third-order valence-corrected chi connectivity index (χ3v) is 3.82. The molecule has 0 fully saturated rings. The van der Waals surface area contributed by atoms with E-state index in [4.69, 9.17) is 5.11 Å². The lowest BCUT2D eigenvalue weighted by Gasteiger charge is -2.03. The molecule has 0 atom stereocenters. The van der Waals surface area contributed by atoms with Crippen LogP contribution in [0.1, 0.15) is 12.0 Å². The second-order valence-corrected chi connectivity index (χ2v) is 5.19. The molecule has 3 rings (SSSR count). The van der Waals surface area contributed by atoms with Gasteiger partial charge < -0.3 is 15.2 Å². The second-order valence-electron chi connectivity index (χ2n) is 4.40. The summed E-state index contributed by atoms with van der Waals surface area (Å²) in [7, 11) is 0. The number of nitrogens with zero attached hydrogens (tertiary/aromatic N) is 2. The molecule has 102 valence electrons. The van der Waals surface area contributed by atoms with E-state index >= 15 is 0 Å². The highest BCUT2D eigenvalue weighted by Crippen LogP contribution is 2.35. The number of phenolic OH excluding ortho intramolecular Hbond substituents is 1. The first-order valence-electron chi connectivity index (χ1n) is 5.97. The standard InChI is InChI=1S/C13H11N3O3S/c17-11-4-10-8(3-9(11)12-6-15-16-20-12)7(5-14-10)1-2-13(18)19/h3-6,14,17H,1-2H2,(H,18,19). The number of rotatable bonds is 4. The van der Waals surface area contributed by atoms with Gasteiger partial charge in [-0.15, -0.1) is 5.10 Å². The molecule has 0 unspecified atom stereocenters. The number of carboxylic acid groups (broad SMARTS) is 1. The van der Waals surface area contributed by atoms with E-state index in [-0.39, 0.29) is 12.2 Å². The Morgan fingerprint density at radius 2 is 2.25 bits per heavy atom. The number of aromatic amines is 1. The van der Waals surface area contributed by atoms with Crippen LogP contribution in [0.2, 0.25) is 0 Å². The molecule has 0 radical (unpaired) electrons. The molecule has 3 aromatic rings. The van der Waals surface area contributed by atoms with Gasteiger partial charge in [-0.25, -0.2) is 0 Å². The van der Waals surface area contributed by atoms with Crippen LogP contribution in [0.25, 0.3) is 21.3 Å². The van der Waals surface area contributed by atoms with Gasteiger partial charge in [0.2, 0.25) is 0 Å². The molecule has 0 aliphatic rings. The van der Waals surface area contributed by atoms with E-state index in [1.165, 1.54) is 11.5 Å². The zero-order chi connectivity index (χ0) is 14.1. The lowest BCUT2D eigenvalue weighted by Crippen LogP contribution is -1.96. The van der Waals surface area contributed by atoms with E-state index in [0.29, 0.717) is 12.0 Å². The Hall–Kier alpha value is -2.41. The second kappa shape index (κ2) is 4.93. The molecular weight excluding hydrogens is 278 g/mol. The lowest BCUT2D eigenvalue weighted by atomic mass is 10.0. The van der Waals surface area contributed by atoms with Crippen molar-refractivity contribution in [2.75, 3.05) is 0 Å². The van der Waals surface area contributed by atoms with Crippen molar-refractivity contribution in [3.05, 3.63) is 30.1 Å². The summed E-state index contributed by atoms with van der Waals surface area (Å²) < 4.78 is 3.78. The molecule has 20 heavy (non-hydrogen) atoms. The molecule has 0 bridgehead atoms. The summed E-state index contributed by atoms with van der Waals surface area (Å²) in [5.41, 5.74) is 2.36. The van der Waals surface area contributed by atoms with Crippen molar-refractivity contribution < 1.29 is 15.0 Å². The summed E-state index contributed by atoms with van der Waals surface area (Å²) in [5.74, 6) is -0.680. The Labute approximate surface area is 117 Å². The number of carboxylic acids is 1. The van der Waals surface area contributed by atoms with Crippen molar-refractivity contribution in [3.63, 3.8) is 0 Å². The zero-order valence-corrected chi connectivity index (χ0v) is 11.1. The Kier molecular flexibility index (Phi) is 3.11. The topological polar surface area (TPSA) is 99.1 Å². The minimum atomic E-state index is -0.829. The van der Waals surface area contributed by atoms with Crippen LogP contribution >= 0.6 is 11.5 Å². The average Bonchev–Trinajstić information content (AvgIpc) is 3.04. The van der Waals surface area contributed by atoms with Gasteiger partial charge in [-0.2, -0.15) is 0 Å². The lowest BCUT2D eigenvalue weighted by molar-refractivity contribution is -0.136. The van der Waals surface area contributed by atoms with E-state index in [2.05, 4.69) is 14.6 Å². The van der Waals surface area contributed by atoms with Crippen molar-refractivity contribution >= 4 is 28.4 Å². The number of fused-ring (bicyclic) bond motifs is 1. The predicted molar refractivity (Wildman–Crippen MR) is 74.8 cm³/mol. The normalized spacial score (nSPS) is 11.0. The highest BCUT2D eigenvalue weighted by molar-refractivity contribution is 7.09. The highest BCUT2D eigenvalue weighted by Gasteiger charge is 2.12. The van der Waals surface area contributed by atoms with Gasteiger partial charge in [0.15, 0.2) is 0 Å². The van der Waals surface area contributed by atoms with E-state index < -0.39 is 5.97 Å². The van der Waals surface area contributed by atoms with Crippen molar-refractivity contribution in [1.29, 1.82) is 0 Å². The van der Waals surface area contributed by atoms with Gasteiger partial charge in [0.1, 0.15) is 5.75 Å². The van der Waals surface area contributed by atoms with Crippen LogP contribution in [0.15, 0.2) is 24.5 Å². The fourth-order valence-corrected chi connectivity index (χ4v) is 2.69. The number of benzene rings is 1. The summed E-state index contributed by atoms with van der Waals surface area (Å²) in [6.07, 6.45) is 3.89. The van der Waals surface area contributed by atoms with Gasteiger partial charge >= 0.3 is 5.97 Å². The summed E-state index contributed by atoms with van der Waals surface area (Å²) in [4.78, 5) is 14.5. The smallest absolute Gasteiger partial charge is 0.303 e. The number of aromatic hydroxyl groups is 1. The molecule has 0 saturated carbocycles. The Morgan fingerprint density at radius 1 is 1.40 bits per heavy atom. The number of aliphatic carboxylic acids is 1. The molecule has 0 aliphatic carbocycles. The maximum Gasteiger partial charge on any atom is 0.303 e. The number of carbonyl (C=O) groups is 1. The van der Waals surface area contributed by atoms with Crippen molar-refractivity contribution in [2.45, 2.75) is 12.8 Å². The van der Waals surface area contributed by atoms with Crippen molar-refractivity contribution in [2.24, 2.45) is 0 Å². The molecule has 0 aliphatic heterocycles. The Balaban J connectivity index is 2.07. The first kappa shape index (κ1) is 12.6. The monoisotopic (exact) mass is 289 g/mol. The van der Waals surface area contributed by atoms with Crippen molar-refractivity contribution in [3.8, 4) is 16.2 Å². The molecule has 7 heteroatoms. The zero-order valence-electron chi connectivity index (χ0n) is 10.3. The van der Waals surface area contributed by atoms with Crippen LogP contribution in [0.5, 0.6) is 5.75 Å². The quantitative estimate of drug-likeness (QED) is 0.685. The number of H-pyrrole nitrogens is 1. The molecule has 0 spiro atoms. The minimum absolute atomic E-state index is 0.0747. The first-order chi connectivity index (χ1) is 9.65. The third kappa shape index (κ3) is 2.23. The van der Waals surface area contributed by atoms with Gasteiger partial charge in [0, 0.05) is 35.2 Å². The van der Waals surface area contributed by atoms with E-state index in [9.17, 15) is 9.90 Å². The van der Waals surface area contributed by atoms with Crippen LogP contribution in [0.3, 0.4) is 0 Å². The maximum atomic E-state index is 10.7. The van der Waals surface area contributed by atoms with E-state index in [1.807, 2.05) is 6.07 Å². The SMILES string of the molecule is O=C(O)CCc1c[nH]c2cc(O)c(-c3cnns3)cc12. The third-order valence-electron chi connectivity index (χ3n) is 3.12. The molecule has 3 N–H and O–H groups in total. The maximum absolute atomic E-state index is 10.7. The number of hydrogen-bond donors (Lipinski definition) is 3. The largest absolute Gasteiger partial charge is 0.507 e. The van der Waals surface area contributed by atoms with Gasteiger partial charge in [-0.1, -0.05) is 4.49 Å². The summed E-state index contributed by atoms with van der Waals surface area (Å²) in [5, 5.41) is 23.5. The molecular formula is C13H11N3O3S. The van der Waals surface area contributed by atoms with Crippen LogP contribution < -0.4 is 0 Å². The Bertz CT molecular complexity index is 765. The molecule has 6 nitrogen and oxygen atoms in total. The molecule has 1 aromatic carbocycles. The highest BCUT2D eigenvalue weighted by atomic mass is 32.1. The van der Waals surface area contributed by atoms with Crippen LogP contribution in [0, 0.1) is 0 Å². The number of aromatic nitrogens is 3. The summed E-state index contributed by atoms with van der Waals surface area (Å²) >= 11 is 1.20. The fourth-order valence-electron chi connectivity index (χ4n) is 2.15. The molecule has 2 heterocycles. The van der Waals surface area contributed by atoms with E-state index in [1.54, 1.807) is 18.5 Å². The number of aryl methyl sites for hydroxylation is 1. The number of nitrogens with one attached hydrogen (secondary N) is 1. The minimum Gasteiger partial charge on any atom is -0.507 e. The van der Waals surface area contributed by atoms with Crippen LogP contribution in [-0.2, 0) is 11.2 Å². The predicted octanol–water partition coefficient (Wildman–Crippen LogP) is 2.41. The van der Waals surface area contributed by atoms with Crippen LogP contribution in [0.4, 0.5) is 0 Å². The van der Waals surface area contributed by atoms with Crippen LogP contribution in [-0.4, -0.2) is 30.8 Å².